The first-order chi connectivity index (χ1) is 11.9. The van der Waals surface area contributed by atoms with E-state index in [2.05, 4.69) is 30.6 Å². The second-order valence-corrected chi connectivity index (χ2v) is 7.59. The van der Waals surface area contributed by atoms with Gasteiger partial charge in [0.2, 0.25) is 0 Å². The number of nitrogens with one attached hydrogen (secondary N) is 2. The van der Waals surface area contributed by atoms with Gasteiger partial charge in [-0.3, -0.25) is 4.79 Å². The van der Waals surface area contributed by atoms with Crippen LogP contribution in [0.4, 0.5) is 11.4 Å². The maximum Gasteiger partial charge on any atom is 0.145 e. The third-order valence-corrected chi connectivity index (χ3v) is 4.96. The molecule has 0 bridgehead atoms. The molecule has 2 aliphatic rings. The van der Waals surface area contributed by atoms with Crippen LogP contribution in [0.3, 0.4) is 0 Å². The number of hydrogen-bond donors (Lipinski definition) is 3. The van der Waals surface area contributed by atoms with Gasteiger partial charge in [0, 0.05) is 12.1 Å². The van der Waals surface area contributed by atoms with Crippen molar-refractivity contribution in [3.63, 3.8) is 0 Å². The van der Waals surface area contributed by atoms with Crippen LogP contribution in [0.5, 0.6) is 5.75 Å². The summed E-state index contributed by atoms with van der Waals surface area (Å²) in [5.41, 5.74) is 3.73. The highest BCUT2D eigenvalue weighted by molar-refractivity contribution is 5.90. The Morgan fingerprint density at radius 3 is 2.44 bits per heavy atom. The van der Waals surface area contributed by atoms with Gasteiger partial charge in [-0.25, -0.2) is 0 Å². The van der Waals surface area contributed by atoms with Gasteiger partial charge in [-0.05, 0) is 35.2 Å². The zero-order valence-corrected chi connectivity index (χ0v) is 14.4. The van der Waals surface area contributed by atoms with Crippen LogP contribution in [0.25, 0.3) is 0 Å². The molecule has 0 radical (unpaired) electrons. The number of benzene rings is 2. The summed E-state index contributed by atoms with van der Waals surface area (Å²) in [6.45, 7) is 4.19. The molecule has 3 N–H and O–H groups in total. The smallest absolute Gasteiger partial charge is 0.145 e. The van der Waals surface area contributed by atoms with Crippen molar-refractivity contribution in [3.05, 3.63) is 65.9 Å². The summed E-state index contributed by atoms with van der Waals surface area (Å²) in [5.74, 6) is 0.182. The van der Waals surface area contributed by atoms with Crippen LogP contribution >= 0.6 is 0 Å². The summed E-state index contributed by atoms with van der Waals surface area (Å²) in [6.07, 6.45) is 2.71. The Balaban J connectivity index is 1.87. The SMILES string of the molecule is CC1(C)C=C2Nc3ccccc3NC(c3ccc(O)cc3)C2C(=O)C1. The van der Waals surface area contributed by atoms with Crippen LogP contribution in [0.15, 0.2) is 60.3 Å². The molecule has 4 heteroatoms. The Morgan fingerprint density at radius 1 is 1.04 bits per heavy atom. The van der Waals surface area contributed by atoms with Crippen molar-refractivity contribution in [3.8, 4) is 5.75 Å². The number of carbonyl (C=O) groups is 1. The maximum atomic E-state index is 13.0. The van der Waals surface area contributed by atoms with E-state index in [4.69, 9.17) is 0 Å². The molecule has 0 fully saturated rings. The summed E-state index contributed by atoms with van der Waals surface area (Å²) >= 11 is 0. The van der Waals surface area contributed by atoms with Gasteiger partial charge in [0.15, 0.2) is 0 Å². The predicted molar refractivity (Wildman–Crippen MR) is 99.5 cm³/mol. The number of aromatic hydroxyl groups is 1. The lowest BCUT2D eigenvalue weighted by atomic mass is 9.72. The standard InChI is InChI=1S/C21H22N2O2/c1-21(2)11-17-19(18(25)12-21)20(13-7-9-14(24)10-8-13)23-16-6-4-3-5-15(16)22-17/h3-11,19-20,22-24H,12H2,1-2H3. The van der Waals surface area contributed by atoms with Gasteiger partial charge >= 0.3 is 0 Å². The Bertz CT molecular complexity index is 852. The summed E-state index contributed by atoms with van der Waals surface area (Å²) in [7, 11) is 0. The fourth-order valence-corrected chi connectivity index (χ4v) is 3.86. The number of rotatable bonds is 1. The normalized spacial score (nSPS) is 24.1. The Morgan fingerprint density at radius 2 is 1.72 bits per heavy atom. The summed E-state index contributed by atoms with van der Waals surface area (Å²) in [6, 6.07) is 14.9. The molecule has 0 spiro atoms. The van der Waals surface area contributed by atoms with E-state index in [0.29, 0.717) is 6.42 Å². The average Bonchev–Trinajstić information content (AvgIpc) is 2.70. The molecule has 1 aliphatic carbocycles. The molecule has 4 nitrogen and oxygen atoms in total. The van der Waals surface area contributed by atoms with Crippen molar-refractivity contribution < 1.29 is 9.90 Å². The third kappa shape index (κ3) is 2.88. The fourth-order valence-electron chi connectivity index (χ4n) is 3.86. The van der Waals surface area contributed by atoms with Crippen LogP contribution in [-0.4, -0.2) is 10.9 Å². The van der Waals surface area contributed by atoms with Crippen molar-refractivity contribution in [1.82, 2.24) is 0 Å². The molecular formula is C21H22N2O2. The number of phenols is 1. The first-order valence-corrected chi connectivity index (χ1v) is 8.60. The molecule has 0 saturated heterocycles. The topological polar surface area (TPSA) is 61.4 Å². The lowest BCUT2D eigenvalue weighted by molar-refractivity contribution is -0.124. The number of carbonyl (C=O) groups excluding carboxylic acids is 1. The molecule has 0 saturated carbocycles. The van der Waals surface area contributed by atoms with Gasteiger partial charge in [0.1, 0.15) is 11.5 Å². The molecular weight excluding hydrogens is 312 g/mol. The lowest BCUT2D eigenvalue weighted by Gasteiger charge is -2.35. The minimum absolute atomic E-state index is 0.158. The molecule has 0 aromatic heterocycles. The van der Waals surface area contributed by atoms with Crippen LogP contribution in [0.1, 0.15) is 31.9 Å². The van der Waals surface area contributed by atoms with Gasteiger partial charge in [0.05, 0.1) is 23.3 Å². The molecule has 128 valence electrons. The summed E-state index contributed by atoms with van der Waals surface area (Å²) in [4.78, 5) is 13.0. The van der Waals surface area contributed by atoms with E-state index in [9.17, 15) is 9.90 Å². The first kappa shape index (κ1) is 15.8. The summed E-state index contributed by atoms with van der Waals surface area (Å²) in [5, 5.41) is 16.6. The Labute approximate surface area is 147 Å². The largest absolute Gasteiger partial charge is 0.508 e. The fraction of sp³-hybridized carbons (Fsp3) is 0.286. The summed E-state index contributed by atoms with van der Waals surface area (Å²) < 4.78 is 0. The van der Waals surface area contributed by atoms with E-state index >= 15 is 0 Å². The highest BCUT2D eigenvalue weighted by Gasteiger charge is 2.41. The van der Waals surface area contributed by atoms with E-state index in [-0.39, 0.29) is 28.9 Å². The van der Waals surface area contributed by atoms with Crippen LogP contribution in [-0.2, 0) is 4.79 Å². The number of anilines is 2. The number of hydrogen-bond acceptors (Lipinski definition) is 4. The van der Waals surface area contributed by atoms with Gasteiger partial charge < -0.3 is 15.7 Å². The van der Waals surface area contributed by atoms with E-state index in [1.807, 2.05) is 36.4 Å². The number of ketones is 1. The number of Topliss-reactive ketones (excluding diaryl/α,β-unsaturated/α-hetero) is 1. The van der Waals surface area contributed by atoms with Gasteiger partial charge in [-0.15, -0.1) is 0 Å². The first-order valence-electron chi connectivity index (χ1n) is 8.60. The molecule has 2 atom stereocenters. The number of para-hydroxylation sites is 2. The molecule has 1 heterocycles. The second-order valence-electron chi connectivity index (χ2n) is 7.59. The van der Waals surface area contributed by atoms with Crippen molar-refractivity contribution >= 4 is 17.2 Å². The minimum atomic E-state index is -0.273. The average molecular weight is 334 g/mol. The van der Waals surface area contributed by atoms with Crippen LogP contribution < -0.4 is 10.6 Å². The molecule has 2 aromatic rings. The van der Waals surface area contributed by atoms with E-state index in [1.165, 1.54) is 0 Å². The van der Waals surface area contributed by atoms with Crippen molar-refractivity contribution in [2.45, 2.75) is 26.3 Å². The second kappa shape index (κ2) is 5.66. The highest BCUT2D eigenvalue weighted by Crippen LogP contribution is 2.45. The van der Waals surface area contributed by atoms with Gasteiger partial charge in [0.25, 0.3) is 0 Å². The van der Waals surface area contributed by atoms with E-state index in [0.717, 1.165) is 22.6 Å². The van der Waals surface area contributed by atoms with Crippen molar-refractivity contribution in [1.29, 1.82) is 0 Å². The highest BCUT2D eigenvalue weighted by atomic mass is 16.3. The van der Waals surface area contributed by atoms with Crippen molar-refractivity contribution in [2.24, 2.45) is 11.3 Å². The number of fused-ring (bicyclic) bond motifs is 2. The minimum Gasteiger partial charge on any atom is -0.508 e. The van der Waals surface area contributed by atoms with E-state index < -0.39 is 0 Å². The van der Waals surface area contributed by atoms with Crippen LogP contribution in [0, 0.1) is 11.3 Å². The van der Waals surface area contributed by atoms with Gasteiger partial charge in [-0.2, -0.15) is 0 Å². The van der Waals surface area contributed by atoms with Crippen LogP contribution in [0.2, 0.25) is 0 Å². The lowest BCUT2D eigenvalue weighted by Crippen LogP contribution is -2.36. The molecule has 25 heavy (non-hydrogen) atoms. The van der Waals surface area contributed by atoms with Crippen molar-refractivity contribution in [2.75, 3.05) is 10.6 Å². The number of allylic oxidation sites excluding steroid dienone is 1. The molecule has 4 rings (SSSR count). The predicted octanol–water partition coefficient (Wildman–Crippen LogP) is 4.47. The van der Waals surface area contributed by atoms with E-state index in [1.54, 1.807) is 12.1 Å². The number of phenolic OH excluding ortho intramolecular Hbond substituents is 1. The zero-order chi connectivity index (χ0) is 17.6. The third-order valence-electron chi connectivity index (χ3n) is 4.96. The molecule has 2 unspecified atom stereocenters. The molecule has 0 amide bonds. The zero-order valence-electron chi connectivity index (χ0n) is 14.4. The Hall–Kier alpha value is -2.75. The molecule has 1 aliphatic heterocycles. The maximum absolute atomic E-state index is 13.0. The molecule has 2 aromatic carbocycles. The quantitative estimate of drug-likeness (QED) is 0.720. The van der Waals surface area contributed by atoms with Gasteiger partial charge in [-0.1, -0.05) is 44.2 Å². The Kier molecular flexibility index (Phi) is 3.57. The monoisotopic (exact) mass is 334 g/mol.